The second-order valence-corrected chi connectivity index (χ2v) is 7.52. The average molecular weight is 382 g/mol. The van der Waals surface area contributed by atoms with Crippen LogP contribution in [0.4, 0.5) is 10.1 Å². The summed E-state index contributed by atoms with van der Waals surface area (Å²) in [6.45, 7) is -0.447. The van der Waals surface area contributed by atoms with E-state index >= 15 is 0 Å². The summed E-state index contributed by atoms with van der Waals surface area (Å²) < 4.78 is 38.4. The Morgan fingerprint density at radius 3 is 2.48 bits per heavy atom. The zero-order valence-electron chi connectivity index (χ0n) is 13.0. The van der Waals surface area contributed by atoms with Gasteiger partial charge in [-0.05, 0) is 42.5 Å². The molecule has 2 aromatic carbocycles. The fraction of sp³-hybridized carbons (Fsp3) is 0.125. The summed E-state index contributed by atoms with van der Waals surface area (Å²) >= 11 is 5.87. The highest BCUT2D eigenvalue weighted by molar-refractivity contribution is 7.89. The second kappa shape index (κ2) is 7.61. The molecular weight excluding hydrogens is 369 g/mol. The van der Waals surface area contributed by atoms with Gasteiger partial charge in [-0.25, -0.2) is 12.8 Å². The molecule has 0 atom stereocenters. The lowest BCUT2D eigenvalue weighted by Gasteiger charge is -2.17. The molecule has 9 heteroatoms. The minimum atomic E-state index is -3.93. The SMILES string of the molecule is CN(CC(=O)Nc1ccc(C#N)c(Cl)c1)S(=O)(=O)c1ccc(F)cc1. The first-order valence-electron chi connectivity index (χ1n) is 6.95. The average Bonchev–Trinajstić information content (AvgIpc) is 2.55. The molecule has 1 amide bonds. The van der Waals surface area contributed by atoms with Gasteiger partial charge in [-0.15, -0.1) is 0 Å². The number of carbonyl (C=O) groups excluding carboxylic acids is 1. The number of rotatable bonds is 5. The van der Waals surface area contributed by atoms with E-state index in [1.807, 2.05) is 6.07 Å². The number of benzene rings is 2. The molecule has 0 saturated heterocycles. The molecule has 0 saturated carbocycles. The number of nitrogens with one attached hydrogen (secondary N) is 1. The Kier molecular flexibility index (Phi) is 5.74. The summed E-state index contributed by atoms with van der Waals surface area (Å²) in [5.41, 5.74) is 0.595. The normalized spacial score (nSPS) is 11.2. The van der Waals surface area contributed by atoms with Gasteiger partial charge in [-0.1, -0.05) is 11.6 Å². The standard InChI is InChI=1S/C16H13ClFN3O3S/c1-21(25(23,24)14-6-3-12(18)4-7-14)10-16(22)20-13-5-2-11(9-19)15(17)8-13/h2-8H,10H2,1H3,(H,20,22). The van der Waals surface area contributed by atoms with Crippen LogP contribution in [0.25, 0.3) is 0 Å². The topological polar surface area (TPSA) is 90.3 Å². The largest absolute Gasteiger partial charge is 0.325 e. The van der Waals surface area contributed by atoms with E-state index in [0.717, 1.165) is 28.6 Å². The molecule has 0 bridgehead atoms. The van der Waals surface area contributed by atoms with Gasteiger partial charge in [-0.3, -0.25) is 4.79 Å². The maximum atomic E-state index is 12.9. The number of nitriles is 1. The number of anilines is 1. The van der Waals surface area contributed by atoms with Crippen LogP contribution in [0.15, 0.2) is 47.4 Å². The molecule has 0 unspecified atom stereocenters. The Morgan fingerprint density at radius 1 is 1.28 bits per heavy atom. The number of likely N-dealkylation sites (N-methyl/N-ethyl adjacent to an activating group) is 1. The highest BCUT2D eigenvalue weighted by Crippen LogP contribution is 2.20. The van der Waals surface area contributed by atoms with Gasteiger partial charge in [0.2, 0.25) is 15.9 Å². The number of carbonyl (C=O) groups is 1. The Labute approximate surface area is 149 Å². The van der Waals surface area contributed by atoms with Gasteiger partial charge in [0.05, 0.1) is 22.0 Å². The second-order valence-electron chi connectivity index (χ2n) is 5.07. The number of hydrogen-bond acceptors (Lipinski definition) is 4. The summed E-state index contributed by atoms with van der Waals surface area (Å²) in [5, 5.41) is 11.5. The van der Waals surface area contributed by atoms with E-state index in [9.17, 15) is 17.6 Å². The third-order valence-corrected chi connectivity index (χ3v) is 5.39. The van der Waals surface area contributed by atoms with Crippen LogP contribution in [-0.2, 0) is 14.8 Å². The molecule has 0 radical (unpaired) electrons. The monoisotopic (exact) mass is 381 g/mol. The van der Waals surface area contributed by atoms with Gasteiger partial charge in [0, 0.05) is 12.7 Å². The van der Waals surface area contributed by atoms with Crippen LogP contribution in [0.1, 0.15) is 5.56 Å². The van der Waals surface area contributed by atoms with Crippen molar-refractivity contribution < 1.29 is 17.6 Å². The third-order valence-electron chi connectivity index (χ3n) is 3.26. The Hall–Kier alpha value is -2.47. The maximum absolute atomic E-state index is 12.9. The van der Waals surface area contributed by atoms with Gasteiger partial charge in [0.25, 0.3) is 0 Å². The number of hydrogen-bond donors (Lipinski definition) is 1. The van der Waals surface area contributed by atoms with Crippen molar-refractivity contribution in [2.24, 2.45) is 0 Å². The van der Waals surface area contributed by atoms with Gasteiger partial charge in [0.1, 0.15) is 11.9 Å². The lowest BCUT2D eigenvalue weighted by atomic mass is 10.2. The van der Waals surface area contributed by atoms with Crippen molar-refractivity contribution >= 4 is 33.2 Å². The first kappa shape index (κ1) is 18.9. The molecule has 2 rings (SSSR count). The Bertz CT molecular complexity index is 940. The highest BCUT2D eigenvalue weighted by Gasteiger charge is 2.23. The van der Waals surface area contributed by atoms with Crippen LogP contribution in [0.2, 0.25) is 5.02 Å². The van der Waals surface area contributed by atoms with E-state index in [1.54, 1.807) is 0 Å². The molecule has 0 heterocycles. The number of nitrogens with zero attached hydrogens (tertiary/aromatic N) is 2. The predicted molar refractivity (Wildman–Crippen MR) is 91.0 cm³/mol. The van der Waals surface area contributed by atoms with Crippen LogP contribution in [0.5, 0.6) is 0 Å². The fourth-order valence-corrected chi connectivity index (χ4v) is 3.31. The highest BCUT2D eigenvalue weighted by atomic mass is 35.5. The van der Waals surface area contributed by atoms with Gasteiger partial charge < -0.3 is 5.32 Å². The molecule has 25 heavy (non-hydrogen) atoms. The quantitative estimate of drug-likeness (QED) is 0.861. The predicted octanol–water partition coefficient (Wildman–Crippen LogP) is 2.61. The molecule has 0 aromatic heterocycles. The minimum Gasteiger partial charge on any atom is -0.325 e. The molecule has 0 fully saturated rings. The molecular formula is C16H13ClFN3O3S. The van der Waals surface area contributed by atoms with Crippen molar-refractivity contribution in [2.45, 2.75) is 4.90 Å². The van der Waals surface area contributed by atoms with Gasteiger partial charge in [-0.2, -0.15) is 9.57 Å². The maximum Gasteiger partial charge on any atom is 0.243 e. The van der Waals surface area contributed by atoms with Crippen LogP contribution < -0.4 is 5.32 Å². The van der Waals surface area contributed by atoms with E-state index in [2.05, 4.69) is 5.32 Å². The number of sulfonamides is 1. The van der Waals surface area contributed by atoms with E-state index in [1.165, 1.54) is 25.2 Å². The molecule has 0 spiro atoms. The minimum absolute atomic E-state index is 0.120. The zero-order chi connectivity index (χ0) is 18.6. The van der Waals surface area contributed by atoms with Crippen LogP contribution in [-0.4, -0.2) is 32.2 Å². The lowest BCUT2D eigenvalue weighted by Crippen LogP contribution is -2.34. The third kappa shape index (κ3) is 4.54. The van der Waals surface area contributed by atoms with E-state index in [-0.39, 0.29) is 15.5 Å². The smallest absolute Gasteiger partial charge is 0.243 e. The van der Waals surface area contributed by atoms with Crippen LogP contribution >= 0.6 is 11.6 Å². The van der Waals surface area contributed by atoms with Gasteiger partial charge >= 0.3 is 0 Å². The van der Waals surface area contributed by atoms with E-state index in [4.69, 9.17) is 16.9 Å². The van der Waals surface area contributed by atoms with Crippen LogP contribution in [0, 0.1) is 17.1 Å². The summed E-state index contributed by atoms with van der Waals surface area (Å²) in [7, 11) is -2.69. The number of halogens is 2. The summed E-state index contributed by atoms with van der Waals surface area (Å²) in [5.74, 6) is -1.15. The summed E-state index contributed by atoms with van der Waals surface area (Å²) in [4.78, 5) is 11.9. The molecule has 130 valence electrons. The lowest BCUT2D eigenvalue weighted by molar-refractivity contribution is -0.116. The van der Waals surface area contributed by atoms with Crippen molar-refractivity contribution in [1.29, 1.82) is 5.26 Å². The first-order valence-corrected chi connectivity index (χ1v) is 8.77. The Morgan fingerprint density at radius 2 is 1.92 bits per heavy atom. The molecule has 6 nitrogen and oxygen atoms in total. The fourth-order valence-electron chi connectivity index (χ4n) is 1.96. The van der Waals surface area contributed by atoms with E-state index < -0.39 is 28.3 Å². The Balaban J connectivity index is 2.08. The molecule has 0 aliphatic rings. The first-order chi connectivity index (χ1) is 11.7. The van der Waals surface area contributed by atoms with Crippen molar-refractivity contribution in [2.75, 3.05) is 18.9 Å². The summed E-state index contributed by atoms with van der Waals surface area (Å²) in [6, 6.07) is 10.5. The number of amides is 1. The summed E-state index contributed by atoms with van der Waals surface area (Å²) in [6.07, 6.45) is 0. The van der Waals surface area contributed by atoms with Crippen molar-refractivity contribution in [3.8, 4) is 6.07 Å². The molecule has 2 aromatic rings. The molecule has 0 aliphatic carbocycles. The van der Waals surface area contributed by atoms with Gasteiger partial charge in [0.15, 0.2) is 0 Å². The van der Waals surface area contributed by atoms with Crippen molar-refractivity contribution in [1.82, 2.24) is 4.31 Å². The molecule has 1 N–H and O–H groups in total. The van der Waals surface area contributed by atoms with E-state index in [0.29, 0.717) is 5.69 Å². The zero-order valence-corrected chi connectivity index (χ0v) is 14.6. The van der Waals surface area contributed by atoms with Crippen molar-refractivity contribution in [3.63, 3.8) is 0 Å². The van der Waals surface area contributed by atoms with Crippen molar-refractivity contribution in [3.05, 3.63) is 58.9 Å². The molecule has 0 aliphatic heterocycles. The van der Waals surface area contributed by atoms with Crippen LogP contribution in [0.3, 0.4) is 0 Å².